The molecular formula is C18H22N2O4. The molecule has 128 valence electrons. The fraction of sp³-hybridized carbons (Fsp3) is 0.389. The van der Waals surface area contributed by atoms with Crippen molar-refractivity contribution < 1.29 is 20.4 Å². The van der Waals surface area contributed by atoms with E-state index in [2.05, 4.69) is 4.98 Å². The summed E-state index contributed by atoms with van der Waals surface area (Å²) in [6.45, 7) is 0.386. The van der Waals surface area contributed by atoms with Crippen molar-refractivity contribution in [3.8, 4) is 11.3 Å². The van der Waals surface area contributed by atoms with Crippen molar-refractivity contribution in [3.63, 3.8) is 0 Å². The lowest BCUT2D eigenvalue weighted by atomic mass is 9.93. The first-order chi connectivity index (χ1) is 11.6. The summed E-state index contributed by atoms with van der Waals surface area (Å²) in [5.41, 5.74) is 2.89. The number of hydrogen-bond acceptors (Lipinski definition) is 6. The quantitative estimate of drug-likeness (QED) is 0.630. The highest BCUT2D eigenvalue weighted by molar-refractivity contribution is 5.58. The molecule has 1 aliphatic rings. The summed E-state index contributed by atoms with van der Waals surface area (Å²) in [7, 11) is 0. The molecule has 2 aromatic rings. The Morgan fingerprint density at radius 2 is 1.75 bits per heavy atom. The normalized spacial score (nSPS) is 28.0. The van der Waals surface area contributed by atoms with Gasteiger partial charge in [-0.2, -0.15) is 0 Å². The molecular weight excluding hydrogens is 308 g/mol. The van der Waals surface area contributed by atoms with Crippen molar-refractivity contribution in [1.29, 1.82) is 0 Å². The summed E-state index contributed by atoms with van der Waals surface area (Å²) < 4.78 is 0. The zero-order valence-electron chi connectivity index (χ0n) is 13.2. The number of β-amino-alcohol motifs (C(OH)–C–C–N with tert-alkyl or cyclic N) is 1. The number of benzene rings is 1. The maximum Gasteiger partial charge on any atom is 0.109 e. The van der Waals surface area contributed by atoms with Crippen LogP contribution in [0.15, 0.2) is 48.7 Å². The molecule has 0 radical (unpaired) electrons. The summed E-state index contributed by atoms with van der Waals surface area (Å²) in [5, 5.41) is 39.1. The van der Waals surface area contributed by atoms with Gasteiger partial charge in [0.05, 0.1) is 24.4 Å². The first-order valence-electron chi connectivity index (χ1n) is 7.99. The number of nitrogens with zero attached hydrogens (tertiary/aromatic N) is 2. The minimum absolute atomic E-state index is 0.200. The fourth-order valence-corrected chi connectivity index (χ4v) is 3.11. The van der Waals surface area contributed by atoms with Gasteiger partial charge in [-0.05, 0) is 17.7 Å². The lowest BCUT2D eigenvalue weighted by Crippen LogP contribution is -2.62. The molecule has 4 unspecified atom stereocenters. The molecule has 1 aromatic carbocycles. The third-order valence-corrected chi connectivity index (χ3v) is 4.52. The molecule has 1 aliphatic heterocycles. The van der Waals surface area contributed by atoms with Gasteiger partial charge in [0.2, 0.25) is 0 Å². The van der Waals surface area contributed by atoms with Crippen molar-refractivity contribution in [2.75, 3.05) is 13.2 Å². The first kappa shape index (κ1) is 17.0. The molecule has 3 rings (SSSR count). The minimum atomic E-state index is -1.23. The Balaban J connectivity index is 1.73. The molecule has 0 bridgehead atoms. The second-order valence-corrected chi connectivity index (χ2v) is 6.14. The van der Waals surface area contributed by atoms with Gasteiger partial charge in [0.15, 0.2) is 0 Å². The molecule has 1 aromatic heterocycles. The Morgan fingerprint density at radius 3 is 2.38 bits per heavy atom. The minimum Gasteiger partial charge on any atom is -0.395 e. The number of likely N-dealkylation sites (tertiary alicyclic amines) is 1. The van der Waals surface area contributed by atoms with E-state index in [-0.39, 0.29) is 13.2 Å². The van der Waals surface area contributed by atoms with E-state index in [1.165, 1.54) is 0 Å². The Labute approximate surface area is 140 Å². The van der Waals surface area contributed by atoms with Crippen LogP contribution in [0.3, 0.4) is 0 Å². The molecule has 0 saturated carbocycles. The molecule has 4 atom stereocenters. The Morgan fingerprint density at radius 1 is 1.00 bits per heavy atom. The van der Waals surface area contributed by atoms with Gasteiger partial charge < -0.3 is 20.4 Å². The molecule has 0 aliphatic carbocycles. The third-order valence-electron chi connectivity index (χ3n) is 4.52. The van der Waals surface area contributed by atoms with Crippen LogP contribution in [0.2, 0.25) is 0 Å². The van der Waals surface area contributed by atoms with E-state index in [9.17, 15) is 20.4 Å². The highest BCUT2D eigenvalue weighted by atomic mass is 16.4. The predicted molar refractivity (Wildman–Crippen MR) is 89.0 cm³/mol. The molecule has 4 N–H and O–H groups in total. The van der Waals surface area contributed by atoms with Gasteiger partial charge in [-0.3, -0.25) is 9.88 Å². The van der Waals surface area contributed by atoms with E-state index >= 15 is 0 Å². The van der Waals surface area contributed by atoms with E-state index in [1.807, 2.05) is 42.5 Å². The Kier molecular flexibility index (Phi) is 5.23. The average molecular weight is 330 g/mol. The number of aliphatic hydroxyl groups excluding tert-OH is 4. The maximum atomic E-state index is 10.0. The smallest absolute Gasteiger partial charge is 0.109 e. The SMILES string of the molecule is OCC1C(O)C(O)C(O)CN1Cc1ccc(-c2ccccn2)cc1. The van der Waals surface area contributed by atoms with Gasteiger partial charge in [-0.15, -0.1) is 0 Å². The molecule has 2 heterocycles. The van der Waals surface area contributed by atoms with E-state index in [4.69, 9.17) is 0 Å². The second kappa shape index (κ2) is 7.38. The number of piperidine rings is 1. The summed E-state index contributed by atoms with van der Waals surface area (Å²) >= 11 is 0. The highest BCUT2D eigenvalue weighted by Gasteiger charge is 2.40. The summed E-state index contributed by atoms with van der Waals surface area (Å²) in [6.07, 6.45) is -1.69. The van der Waals surface area contributed by atoms with E-state index in [1.54, 1.807) is 11.1 Å². The van der Waals surface area contributed by atoms with Crippen molar-refractivity contribution >= 4 is 0 Å². The number of pyridine rings is 1. The van der Waals surface area contributed by atoms with Crippen LogP contribution < -0.4 is 0 Å². The third kappa shape index (κ3) is 3.48. The Hall–Kier alpha value is -1.83. The standard InChI is InChI=1S/C18H22N2O4/c21-11-15-17(23)18(24)16(22)10-20(15)9-12-4-6-13(7-5-12)14-3-1-2-8-19-14/h1-8,15-18,21-24H,9-11H2. The van der Waals surface area contributed by atoms with Crippen LogP contribution in [-0.2, 0) is 6.54 Å². The summed E-state index contributed by atoms with van der Waals surface area (Å²) in [5.74, 6) is 0. The monoisotopic (exact) mass is 330 g/mol. The molecule has 6 heteroatoms. The van der Waals surface area contributed by atoms with Crippen LogP contribution in [0.25, 0.3) is 11.3 Å². The van der Waals surface area contributed by atoms with E-state index in [0.717, 1.165) is 16.8 Å². The number of rotatable bonds is 4. The van der Waals surface area contributed by atoms with Crippen LogP contribution in [0.1, 0.15) is 5.56 Å². The molecule has 1 saturated heterocycles. The van der Waals surface area contributed by atoms with Crippen LogP contribution in [0, 0.1) is 0 Å². The Bertz CT molecular complexity index is 650. The van der Waals surface area contributed by atoms with E-state index < -0.39 is 24.4 Å². The van der Waals surface area contributed by atoms with Crippen molar-refractivity contribution in [2.45, 2.75) is 30.9 Å². The largest absolute Gasteiger partial charge is 0.395 e. The van der Waals surface area contributed by atoms with Gasteiger partial charge in [0.25, 0.3) is 0 Å². The van der Waals surface area contributed by atoms with Crippen molar-refractivity contribution in [2.24, 2.45) is 0 Å². The predicted octanol–water partition coefficient (Wildman–Crippen LogP) is 0.00780. The zero-order chi connectivity index (χ0) is 17.1. The van der Waals surface area contributed by atoms with Crippen LogP contribution in [-0.4, -0.2) is 67.8 Å². The molecule has 0 spiro atoms. The maximum absolute atomic E-state index is 10.0. The van der Waals surface area contributed by atoms with Gasteiger partial charge in [0, 0.05) is 24.8 Å². The molecule has 0 amide bonds. The summed E-state index contributed by atoms with van der Waals surface area (Å²) in [6, 6.07) is 13.0. The molecule has 24 heavy (non-hydrogen) atoms. The lowest BCUT2D eigenvalue weighted by molar-refractivity contribution is -0.147. The zero-order valence-corrected chi connectivity index (χ0v) is 13.2. The van der Waals surface area contributed by atoms with Crippen LogP contribution >= 0.6 is 0 Å². The van der Waals surface area contributed by atoms with E-state index in [0.29, 0.717) is 6.54 Å². The number of aromatic nitrogens is 1. The fourth-order valence-electron chi connectivity index (χ4n) is 3.11. The second-order valence-electron chi connectivity index (χ2n) is 6.14. The average Bonchev–Trinajstić information content (AvgIpc) is 2.61. The lowest BCUT2D eigenvalue weighted by Gasteiger charge is -2.43. The first-order valence-corrected chi connectivity index (χ1v) is 7.99. The van der Waals surface area contributed by atoms with Crippen LogP contribution in [0.5, 0.6) is 0 Å². The topological polar surface area (TPSA) is 97.0 Å². The van der Waals surface area contributed by atoms with Gasteiger partial charge in [-0.25, -0.2) is 0 Å². The number of hydrogen-bond donors (Lipinski definition) is 4. The molecule has 6 nitrogen and oxygen atoms in total. The van der Waals surface area contributed by atoms with Gasteiger partial charge >= 0.3 is 0 Å². The van der Waals surface area contributed by atoms with Gasteiger partial charge in [-0.1, -0.05) is 30.3 Å². The van der Waals surface area contributed by atoms with Gasteiger partial charge in [0.1, 0.15) is 12.2 Å². The van der Waals surface area contributed by atoms with Crippen LogP contribution in [0.4, 0.5) is 0 Å². The van der Waals surface area contributed by atoms with Crippen molar-refractivity contribution in [1.82, 2.24) is 9.88 Å². The number of aliphatic hydroxyl groups is 4. The highest BCUT2D eigenvalue weighted by Crippen LogP contribution is 2.23. The summed E-state index contributed by atoms with van der Waals surface area (Å²) in [4.78, 5) is 6.10. The molecule has 1 fully saturated rings. The van der Waals surface area contributed by atoms with Crippen molar-refractivity contribution in [3.05, 3.63) is 54.2 Å².